The third-order valence-electron chi connectivity index (χ3n) is 5.54. The maximum absolute atomic E-state index is 13.4. The molecule has 4 rings (SSSR count). The molecule has 0 aliphatic carbocycles. The molecule has 0 saturated carbocycles. The number of likely N-dealkylation sites (tertiary alicyclic amines) is 1. The minimum absolute atomic E-state index is 0.107. The van der Waals surface area contributed by atoms with Crippen LogP contribution in [-0.2, 0) is 6.18 Å². The number of hydrogen-bond donors (Lipinski definition) is 2. The molecule has 0 bridgehead atoms. The Morgan fingerprint density at radius 1 is 1.23 bits per heavy atom. The van der Waals surface area contributed by atoms with Crippen molar-refractivity contribution in [1.82, 2.24) is 30.0 Å². The number of fused-ring (bicyclic) bond motifs is 1. The van der Waals surface area contributed by atoms with Crippen molar-refractivity contribution in [2.24, 2.45) is 0 Å². The number of likely N-dealkylation sites (N-methyl/N-ethyl adjacent to an activating group) is 1. The molecule has 0 spiro atoms. The molecule has 30 heavy (non-hydrogen) atoms. The van der Waals surface area contributed by atoms with E-state index in [1.54, 1.807) is 25.3 Å². The van der Waals surface area contributed by atoms with Gasteiger partial charge in [-0.25, -0.2) is 4.98 Å². The first-order valence-corrected chi connectivity index (χ1v) is 9.97. The number of methoxy groups -OCH3 is 1. The second-order valence-electron chi connectivity index (χ2n) is 7.50. The second kappa shape index (κ2) is 8.27. The summed E-state index contributed by atoms with van der Waals surface area (Å²) in [5, 5.41) is 7.07. The first-order chi connectivity index (χ1) is 14.4. The van der Waals surface area contributed by atoms with Crippen LogP contribution in [0, 0.1) is 0 Å². The highest BCUT2D eigenvalue weighted by molar-refractivity contribution is 5.80. The molecular weight excluding hydrogens is 397 g/mol. The Kier molecular flexibility index (Phi) is 5.70. The summed E-state index contributed by atoms with van der Waals surface area (Å²) < 4.78 is 47.0. The number of piperidine rings is 1. The van der Waals surface area contributed by atoms with E-state index in [1.165, 1.54) is 4.68 Å². The highest BCUT2D eigenvalue weighted by Crippen LogP contribution is 2.35. The first-order valence-electron chi connectivity index (χ1n) is 9.97. The number of aromatic amines is 1. The molecule has 2 N–H and O–H groups in total. The van der Waals surface area contributed by atoms with Crippen molar-refractivity contribution in [1.29, 1.82) is 0 Å². The number of hydrogen-bond acceptors (Lipinski definition) is 5. The molecule has 0 atom stereocenters. The van der Waals surface area contributed by atoms with Gasteiger partial charge >= 0.3 is 6.18 Å². The Balaban J connectivity index is 1.67. The predicted octanol–water partition coefficient (Wildman–Crippen LogP) is 3.31. The lowest BCUT2D eigenvalue weighted by Crippen LogP contribution is -2.38. The van der Waals surface area contributed by atoms with Crippen molar-refractivity contribution in [3.63, 3.8) is 0 Å². The topological polar surface area (TPSA) is 71.0 Å². The van der Waals surface area contributed by atoms with Gasteiger partial charge in [0, 0.05) is 32.2 Å². The van der Waals surface area contributed by atoms with Crippen LogP contribution >= 0.6 is 0 Å². The summed E-state index contributed by atoms with van der Waals surface area (Å²) in [4.78, 5) is 9.95. The maximum atomic E-state index is 13.4. The van der Waals surface area contributed by atoms with Crippen LogP contribution in [0.1, 0.15) is 24.6 Å². The summed E-state index contributed by atoms with van der Waals surface area (Å²) >= 11 is 0. The number of rotatable bonds is 6. The zero-order valence-electron chi connectivity index (χ0n) is 17.0. The molecule has 1 aromatic carbocycles. The van der Waals surface area contributed by atoms with Gasteiger partial charge in [-0.3, -0.25) is 4.68 Å². The molecule has 0 unspecified atom stereocenters. The zero-order valence-corrected chi connectivity index (χ0v) is 17.0. The van der Waals surface area contributed by atoms with E-state index in [0.29, 0.717) is 28.3 Å². The van der Waals surface area contributed by atoms with Crippen molar-refractivity contribution in [2.75, 3.05) is 40.3 Å². The van der Waals surface area contributed by atoms with Crippen LogP contribution in [0.3, 0.4) is 0 Å². The minimum Gasteiger partial charge on any atom is -0.497 e. The van der Waals surface area contributed by atoms with Crippen LogP contribution in [0.25, 0.3) is 22.6 Å². The summed E-state index contributed by atoms with van der Waals surface area (Å²) in [6, 6.07) is 6.30. The number of nitrogens with one attached hydrogen (secondary N) is 2. The quantitative estimate of drug-likeness (QED) is 0.638. The molecule has 0 radical (unpaired) electrons. The van der Waals surface area contributed by atoms with E-state index >= 15 is 0 Å². The average Bonchev–Trinajstić information content (AvgIpc) is 3.36. The number of benzene rings is 1. The van der Waals surface area contributed by atoms with Crippen LogP contribution < -0.4 is 10.1 Å². The molecule has 7 nitrogen and oxygen atoms in total. The number of halogens is 3. The largest absolute Gasteiger partial charge is 0.497 e. The number of nitrogens with zero attached hydrogens (tertiary/aromatic N) is 4. The van der Waals surface area contributed by atoms with Crippen molar-refractivity contribution in [2.45, 2.75) is 25.1 Å². The fourth-order valence-electron chi connectivity index (χ4n) is 3.88. The van der Waals surface area contributed by atoms with E-state index < -0.39 is 11.9 Å². The Labute approximate surface area is 172 Å². The molecule has 1 saturated heterocycles. The van der Waals surface area contributed by atoms with Crippen LogP contribution in [0.2, 0.25) is 0 Å². The molecule has 3 aromatic rings. The van der Waals surface area contributed by atoms with Crippen LogP contribution in [0.4, 0.5) is 13.2 Å². The van der Waals surface area contributed by atoms with Gasteiger partial charge in [0.15, 0.2) is 11.5 Å². The number of imidazole rings is 1. The molecule has 1 aliphatic rings. The monoisotopic (exact) mass is 422 g/mol. The molecule has 10 heteroatoms. The summed E-state index contributed by atoms with van der Waals surface area (Å²) in [7, 11) is 3.47. The van der Waals surface area contributed by atoms with Crippen molar-refractivity contribution in [3.8, 4) is 17.3 Å². The van der Waals surface area contributed by atoms with Gasteiger partial charge in [-0.1, -0.05) is 0 Å². The van der Waals surface area contributed by atoms with Gasteiger partial charge in [0.2, 0.25) is 0 Å². The molecule has 1 aliphatic heterocycles. The summed E-state index contributed by atoms with van der Waals surface area (Å²) in [5.74, 6) is 1.02. The maximum Gasteiger partial charge on any atom is 0.435 e. The average molecular weight is 422 g/mol. The minimum atomic E-state index is -4.51. The Morgan fingerprint density at radius 2 is 2.00 bits per heavy atom. The molecular formula is C20H25F3N6O. The Bertz CT molecular complexity index is 1000. The van der Waals surface area contributed by atoms with Gasteiger partial charge in [-0.15, -0.1) is 0 Å². The van der Waals surface area contributed by atoms with Gasteiger partial charge in [-0.05, 0) is 38.1 Å². The molecule has 0 amide bonds. The lowest BCUT2D eigenvalue weighted by Gasteiger charge is -2.32. The molecule has 1 fully saturated rings. The molecule has 2 aromatic heterocycles. The van der Waals surface area contributed by atoms with Crippen molar-refractivity contribution >= 4 is 11.0 Å². The number of aromatic nitrogens is 4. The highest BCUT2D eigenvalue weighted by Gasteiger charge is 2.37. The first kappa shape index (κ1) is 20.7. The van der Waals surface area contributed by atoms with Crippen molar-refractivity contribution < 1.29 is 17.9 Å². The van der Waals surface area contributed by atoms with E-state index in [4.69, 9.17) is 4.74 Å². The lowest BCUT2D eigenvalue weighted by molar-refractivity contribution is -0.141. The number of alkyl halides is 3. The van der Waals surface area contributed by atoms with E-state index in [2.05, 4.69) is 25.3 Å². The van der Waals surface area contributed by atoms with E-state index in [0.717, 1.165) is 45.1 Å². The van der Waals surface area contributed by atoms with Crippen molar-refractivity contribution in [3.05, 3.63) is 30.0 Å². The second-order valence-corrected chi connectivity index (χ2v) is 7.50. The Morgan fingerprint density at radius 3 is 2.67 bits per heavy atom. The highest BCUT2D eigenvalue weighted by atomic mass is 19.4. The number of ether oxygens (including phenoxy) is 1. The lowest BCUT2D eigenvalue weighted by atomic mass is 10.0. The zero-order chi connectivity index (χ0) is 21.3. The van der Waals surface area contributed by atoms with Gasteiger partial charge in [0.1, 0.15) is 11.4 Å². The third-order valence-corrected chi connectivity index (χ3v) is 5.54. The van der Waals surface area contributed by atoms with Gasteiger partial charge in [0.05, 0.1) is 24.2 Å². The van der Waals surface area contributed by atoms with Crippen LogP contribution in [0.15, 0.2) is 24.3 Å². The smallest absolute Gasteiger partial charge is 0.435 e. The van der Waals surface area contributed by atoms with Gasteiger partial charge in [0.25, 0.3) is 0 Å². The standard InChI is InChI=1S/C20H25F3N6O/c1-24-7-10-28-8-5-13(6-9-28)29-17(12-18(27-29)20(21,22)23)19-25-15-4-3-14(30-2)11-16(15)26-19/h3-4,11-13,24H,5-10H2,1-2H3,(H,25,26). The van der Waals surface area contributed by atoms with E-state index in [9.17, 15) is 13.2 Å². The third kappa shape index (κ3) is 4.15. The normalized spacial score (nSPS) is 16.4. The van der Waals surface area contributed by atoms with Gasteiger partial charge in [-0.2, -0.15) is 18.3 Å². The van der Waals surface area contributed by atoms with Crippen LogP contribution in [-0.4, -0.2) is 65.0 Å². The van der Waals surface area contributed by atoms with Gasteiger partial charge < -0.3 is 19.9 Å². The Hall–Kier alpha value is -2.59. The van der Waals surface area contributed by atoms with Crippen LogP contribution in [0.5, 0.6) is 5.75 Å². The summed E-state index contributed by atoms with van der Waals surface area (Å²) in [6.07, 6.45) is -3.03. The number of H-pyrrole nitrogens is 1. The predicted molar refractivity (Wildman–Crippen MR) is 108 cm³/mol. The molecule has 3 heterocycles. The summed E-state index contributed by atoms with van der Waals surface area (Å²) in [5.41, 5.74) is 0.820. The fourth-order valence-corrected chi connectivity index (χ4v) is 3.88. The fraction of sp³-hybridized carbons (Fsp3) is 0.500. The summed E-state index contributed by atoms with van der Waals surface area (Å²) in [6.45, 7) is 3.46. The SMILES string of the molecule is CNCCN1CCC(n2nc(C(F)(F)F)cc2-c2nc3ccc(OC)cc3[nH]2)CC1. The van der Waals surface area contributed by atoms with E-state index in [1.807, 2.05) is 7.05 Å². The molecule has 162 valence electrons. The van der Waals surface area contributed by atoms with E-state index in [-0.39, 0.29) is 6.04 Å².